The van der Waals surface area contributed by atoms with Gasteiger partial charge in [0.25, 0.3) is 0 Å². The number of esters is 1. The van der Waals surface area contributed by atoms with Crippen LogP contribution in [0.1, 0.15) is 20.8 Å². The van der Waals surface area contributed by atoms with Gasteiger partial charge in [-0.2, -0.15) is 0 Å². The Labute approximate surface area is 78.0 Å². The molecule has 3 heteroatoms. The highest BCUT2D eigenvalue weighted by atomic mass is 16.6. The molecule has 0 amide bonds. The molecule has 1 aliphatic heterocycles. The maximum Gasteiger partial charge on any atom is 0.338 e. The van der Waals surface area contributed by atoms with Gasteiger partial charge < -0.3 is 9.47 Å². The number of hydrogen-bond donors (Lipinski definition) is 0. The smallest absolute Gasteiger partial charge is 0.338 e. The van der Waals surface area contributed by atoms with Crippen LogP contribution in [0.3, 0.4) is 0 Å². The summed E-state index contributed by atoms with van der Waals surface area (Å²) in [5.41, 5.74) is 0.116. The molecular formula is C10H14O3. The average Bonchev–Trinajstić information content (AvgIpc) is 2.03. The molecule has 1 aliphatic rings. The molecule has 72 valence electrons. The summed E-state index contributed by atoms with van der Waals surface area (Å²) >= 11 is 0. The summed E-state index contributed by atoms with van der Waals surface area (Å²) in [6.07, 6.45) is 4.81. The lowest BCUT2D eigenvalue weighted by molar-refractivity contribution is -0.149. The summed E-state index contributed by atoms with van der Waals surface area (Å²) in [7, 11) is 0. The quantitative estimate of drug-likeness (QED) is 0.580. The summed E-state index contributed by atoms with van der Waals surface area (Å²) in [6.45, 7) is 5.96. The summed E-state index contributed by atoms with van der Waals surface area (Å²) in [5.74, 6) is -0.299. The van der Waals surface area contributed by atoms with E-state index < -0.39 is 5.60 Å². The second-order valence-corrected chi connectivity index (χ2v) is 3.80. The van der Waals surface area contributed by atoms with Crippen molar-refractivity contribution in [1.82, 2.24) is 0 Å². The standard InChI is InChI=1S/C10H14O3/c1-10(2,3)13-9(11)8-4-6-12-7-5-8/h4-6H,7H2,1-3H3. The number of ether oxygens (including phenoxy) is 2. The van der Waals surface area contributed by atoms with E-state index in [0.717, 1.165) is 0 Å². The van der Waals surface area contributed by atoms with E-state index in [1.54, 1.807) is 12.2 Å². The summed E-state index contributed by atoms with van der Waals surface area (Å²) in [5, 5.41) is 0. The van der Waals surface area contributed by atoms with Crippen molar-refractivity contribution in [2.75, 3.05) is 6.61 Å². The van der Waals surface area contributed by atoms with Crippen LogP contribution in [-0.4, -0.2) is 18.2 Å². The molecule has 0 saturated heterocycles. The van der Waals surface area contributed by atoms with Crippen molar-refractivity contribution < 1.29 is 14.3 Å². The van der Waals surface area contributed by atoms with Crippen LogP contribution in [0, 0.1) is 0 Å². The Morgan fingerprint density at radius 2 is 2.23 bits per heavy atom. The van der Waals surface area contributed by atoms with Crippen molar-refractivity contribution in [3.05, 3.63) is 24.0 Å². The number of carbonyl (C=O) groups excluding carboxylic acids is 1. The molecule has 0 spiro atoms. The van der Waals surface area contributed by atoms with E-state index in [9.17, 15) is 4.79 Å². The Balaban J connectivity index is 2.58. The molecule has 1 rings (SSSR count). The van der Waals surface area contributed by atoms with Crippen LogP contribution in [0.2, 0.25) is 0 Å². The normalized spacial score (nSPS) is 16.1. The van der Waals surface area contributed by atoms with Gasteiger partial charge in [0, 0.05) is 0 Å². The first kappa shape index (κ1) is 9.84. The van der Waals surface area contributed by atoms with Gasteiger partial charge in [0.1, 0.15) is 12.2 Å². The van der Waals surface area contributed by atoms with Crippen LogP contribution < -0.4 is 0 Å². The van der Waals surface area contributed by atoms with Crippen molar-refractivity contribution in [2.24, 2.45) is 0 Å². The minimum Gasteiger partial charge on any atom is -0.497 e. The fraction of sp³-hybridized carbons (Fsp3) is 0.500. The van der Waals surface area contributed by atoms with Gasteiger partial charge in [0.05, 0.1) is 11.8 Å². The molecule has 0 aromatic carbocycles. The number of carbonyl (C=O) groups is 1. The van der Waals surface area contributed by atoms with Crippen molar-refractivity contribution in [2.45, 2.75) is 26.4 Å². The van der Waals surface area contributed by atoms with E-state index in [2.05, 4.69) is 0 Å². The Morgan fingerprint density at radius 3 is 2.69 bits per heavy atom. The van der Waals surface area contributed by atoms with Gasteiger partial charge >= 0.3 is 5.97 Å². The maximum atomic E-state index is 11.4. The van der Waals surface area contributed by atoms with E-state index >= 15 is 0 Å². The van der Waals surface area contributed by atoms with Gasteiger partial charge in [-0.1, -0.05) is 0 Å². The highest BCUT2D eigenvalue weighted by Gasteiger charge is 2.18. The lowest BCUT2D eigenvalue weighted by Crippen LogP contribution is -2.25. The minimum atomic E-state index is -0.440. The summed E-state index contributed by atoms with van der Waals surface area (Å²) in [6, 6.07) is 0. The van der Waals surface area contributed by atoms with Gasteiger partial charge in [-0.3, -0.25) is 0 Å². The zero-order chi connectivity index (χ0) is 9.90. The first-order valence-corrected chi connectivity index (χ1v) is 4.21. The first-order chi connectivity index (χ1) is 5.99. The fourth-order valence-electron chi connectivity index (χ4n) is 0.871. The third-order valence-corrected chi connectivity index (χ3v) is 1.38. The van der Waals surface area contributed by atoms with Gasteiger partial charge in [-0.05, 0) is 32.9 Å². The van der Waals surface area contributed by atoms with Crippen LogP contribution in [-0.2, 0) is 14.3 Å². The van der Waals surface area contributed by atoms with E-state index in [0.29, 0.717) is 12.2 Å². The van der Waals surface area contributed by atoms with Crippen molar-refractivity contribution in [3.63, 3.8) is 0 Å². The van der Waals surface area contributed by atoms with E-state index in [-0.39, 0.29) is 5.97 Å². The Hall–Kier alpha value is -1.25. The third-order valence-electron chi connectivity index (χ3n) is 1.38. The van der Waals surface area contributed by atoms with Gasteiger partial charge in [-0.25, -0.2) is 4.79 Å². The van der Waals surface area contributed by atoms with Crippen molar-refractivity contribution in [1.29, 1.82) is 0 Å². The first-order valence-electron chi connectivity index (χ1n) is 4.21. The third kappa shape index (κ3) is 3.32. The molecule has 0 aliphatic carbocycles. The van der Waals surface area contributed by atoms with Crippen LogP contribution in [0.15, 0.2) is 24.0 Å². The minimum absolute atomic E-state index is 0.299. The number of rotatable bonds is 1. The Bertz CT molecular complexity index is 256. The molecule has 0 aromatic heterocycles. The highest BCUT2D eigenvalue weighted by molar-refractivity contribution is 5.91. The second-order valence-electron chi connectivity index (χ2n) is 3.80. The number of hydrogen-bond acceptors (Lipinski definition) is 3. The highest BCUT2D eigenvalue weighted by Crippen LogP contribution is 2.13. The van der Waals surface area contributed by atoms with E-state index in [1.165, 1.54) is 6.26 Å². The van der Waals surface area contributed by atoms with Crippen LogP contribution in [0.5, 0.6) is 0 Å². The molecule has 0 aromatic rings. The Morgan fingerprint density at radius 1 is 1.54 bits per heavy atom. The average molecular weight is 182 g/mol. The summed E-state index contributed by atoms with van der Waals surface area (Å²) in [4.78, 5) is 11.4. The SMILES string of the molecule is CC(C)(C)OC(=O)C1=CCOC=C1. The van der Waals surface area contributed by atoms with Gasteiger partial charge in [-0.15, -0.1) is 0 Å². The molecule has 0 unspecified atom stereocenters. The molecule has 0 saturated carbocycles. The molecule has 0 fully saturated rings. The van der Waals surface area contributed by atoms with Crippen LogP contribution in [0.4, 0.5) is 0 Å². The molecule has 0 radical (unpaired) electrons. The molecule has 0 bridgehead atoms. The molecule has 13 heavy (non-hydrogen) atoms. The fourth-order valence-corrected chi connectivity index (χ4v) is 0.871. The van der Waals surface area contributed by atoms with Crippen LogP contribution >= 0.6 is 0 Å². The predicted octanol–water partition coefficient (Wildman–Crippen LogP) is 1.80. The maximum absolute atomic E-state index is 11.4. The largest absolute Gasteiger partial charge is 0.497 e. The lowest BCUT2D eigenvalue weighted by Gasteiger charge is -2.20. The van der Waals surface area contributed by atoms with Crippen molar-refractivity contribution >= 4 is 5.97 Å². The molecule has 1 heterocycles. The lowest BCUT2D eigenvalue weighted by atomic mass is 10.1. The topological polar surface area (TPSA) is 35.5 Å². The Kier molecular flexibility index (Phi) is 2.76. The second kappa shape index (κ2) is 3.64. The molecule has 3 nitrogen and oxygen atoms in total. The van der Waals surface area contributed by atoms with Crippen molar-refractivity contribution in [3.8, 4) is 0 Å². The van der Waals surface area contributed by atoms with Gasteiger partial charge in [0.15, 0.2) is 0 Å². The molecular weight excluding hydrogens is 168 g/mol. The van der Waals surface area contributed by atoms with E-state index in [1.807, 2.05) is 20.8 Å². The molecule has 0 atom stereocenters. The zero-order valence-corrected chi connectivity index (χ0v) is 8.16. The zero-order valence-electron chi connectivity index (χ0n) is 8.16. The monoisotopic (exact) mass is 182 g/mol. The summed E-state index contributed by atoms with van der Waals surface area (Å²) < 4.78 is 10.1. The van der Waals surface area contributed by atoms with Crippen LogP contribution in [0.25, 0.3) is 0 Å². The van der Waals surface area contributed by atoms with E-state index in [4.69, 9.17) is 9.47 Å². The predicted molar refractivity (Wildman–Crippen MR) is 49.0 cm³/mol. The molecule has 0 N–H and O–H groups in total. The van der Waals surface area contributed by atoms with Gasteiger partial charge in [0.2, 0.25) is 0 Å².